The van der Waals surface area contributed by atoms with Gasteiger partial charge in [0, 0.05) is 5.41 Å². The van der Waals surface area contributed by atoms with Crippen molar-refractivity contribution in [2.75, 3.05) is 11.5 Å². The second-order valence-electron chi connectivity index (χ2n) is 3.37. The fourth-order valence-electron chi connectivity index (χ4n) is 0.973. The van der Waals surface area contributed by atoms with Crippen molar-refractivity contribution in [3.05, 3.63) is 0 Å². The summed E-state index contributed by atoms with van der Waals surface area (Å²) in [6.45, 7) is 4.05. The van der Waals surface area contributed by atoms with Crippen molar-refractivity contribution in [1.82, 2.24) is 0 Å². The van der Waals surface area contributed by atoms with Crippen LogP contribution in [0.15, 0.2) is 0 Å². The molecule has 0 aromatic heterocycles. The molecule has 1 nitrogen and oxygen atoms in total. The van der Waals surface area contributed by atoms with Crippen LogP contribution in [0.5, 0.6) is 0 Å². The Morgan fingerprint density at radius 3 is 2.36 bits per heavy atom. The molecule has 0 amide bonds. The molecule has 0 unspecified atom stereocenters. The summed E-state index contributed by atoms with van der Waals surface area (Å²) in [4.78, 5) is 10.7. The first-order valence-electron chi connectivity index (χ1n) is 3.86. The second kappa shape index (κ2) is 3.85. The van der Waals surface area contributed by atoms with Gasteiger partial charge in [-0.15, -0.1) is 23.5 Å². The van der Waals surface area contributed by atoms with Crippen molar-refractivity contribution in [3.63, 3.8) is 0 Å². The summed E-state index contributed by atoms with van der Waals surface area (Å²) in [7, 11) is 0. The molecule has 0 radical (unpaired) electrons. The molecular formula is C8H14OS2. The largest absolute Gasteiger partial charge is 0.303 e. The normalized spacial score (nSPS) is 21.6. The van der Waals surface area contributed by atoms with Crippen LogP contribution in [0.4, 0.5) is 0 Å². The molecule has 0 aliphatic carbocycles. The molecule has 1 aliphatic rings. The van der Waals surface area contributed by atoms with Gasteiger partial charge in [-0.1, -0.05) is 13.8 Å². The number of carbonyl (C=O) groups is 1. The van der Waals surface area contributed by atoms with Gasteiger partial charge >= 0.3 is 0 Å². The number of hydrogen-bond acceptors (Lipinski definition) is 3. The van der Waals surface area contributed by atoms with E-state index in [2.05, 4.69) is 0 Å². The van der Waals surface area contributed by atoms with Crippen LogP contribution in [-0.4, -0.2) is 22.4 Å². The van der Waals surface area contributed by atoms with E-state index in [0.29, 0.717) is 4.58 Å². The first-order chi connectivity index (χ1) is 5.17. The Morgan fingerprint density at radius 1 is 1.36 bits per heavy atom. The molecule has 1 fully saturated rings. The zero-order valence-corrected chi connectivity index (χ0v) is 8.63. The minimum absolute atomic E-state index is 0.143. The van der Waals surface area contributed by atoms with Crippen LogP contribution in [-0.2, 0) is 4.79 Å². The first-order valence-corrected chi connectivity index (χ1v) is 5.96. The lowest BCUT2D eigenvalue weighted by Crippen LogP contribution is -2.28. The number of rotatable bonds is 2. The molecule has 3 heteroatoms. The van der Waals surface area contributed by atoms with Gasteiger partial charge < -0.3 is 4.79 Å². The van der Waals surface area contributed by atoms with Gasteiger partial charge in [-0.3, -0.25) is 0 Å². The van der Waals surface area contributed by atoms with E-state index in [9.17, 15) is 4.79 Å². The van der Waals surface area contributed by atoms with Gasteiger partial charge in [0.05, 0.1) is 4.58 Å². The Bertz CT molecular complexity index is 139. The maximum Gasteiger partial charge on any atom is 0.127 e. The summed E-state index contributed by atoms with van der Waals surface area (Å²) < 4.78 is 0.480. The van der Waals surface area contributed by atoms with Crippen LogP contribution in [0.3, 0.4) is 0 Å². The fraction of sp³-hybridized carbons (Fsp3) is 0.875. The summed E-state index contributed by atoms with van der Waals surface area (Å²) in [5, 5.41) is 0. The highest BCUT2D eigenvalue weighted by atomic mass is 32.2. The predicted molar refractivity (Wildman–Crippen MR) is 53.2 cm³/mol. The van der Waals surface area contributed by atoms with E-state index in [4.69, 9.17) is 0 Å². The van der Waals surface area contributed by atoms with Gasteiger partial charge in [0.1, 0.15) is 6.29 Å². The zero-order valence-electron chi connectivity index (χ0n) is 7.00. The lowest BCUT2D eigenvalue weighted by molar-refractivity contribution is -0.114. The van der Waals surface area contributed by atoms with Crippen LogP contribution in [0.2, 0.25) is 0 Å². The average Bonchev–Trinajstić information content (AvgIpc) is 2.06. The molecular weight excluding hydrogens is 176 g/mol. The minimum atomic E-state index is -0.143. The number of aldehydes is 1. The fourth-order valence-corrected chi connectivity index (χ4v) is 4.14. The highest BCUT2D eigenvalue weighted by Crippen LogP contribution is 2.41. The van der Waals surface area contributed by atoms with E-state index in [1.807, 2.05) is 37.4 Å². The zero-order chi connectivity index (χ0) is 8.32. The van der Waals surface area contributed by atoms with Crippen molar-refractivity contribution in [2.45, 2.75) is 24.9 Å². The van der Waals surface area contributed by atoms with Crippen LogP contribution in [0, 0.1) is 5.41 Å². The molecule has 1 saturated heterocycles. The molecule has 1 rings (SSSR count). The highest BCUT2D eigenvalue weighted by Gasteiger charge is 2.31. The van der Waals surface area contributed by atoms with Crippen molar-refractivity contribution in [2.24, 2.45) is 5.41 Å². The number of thioether (sulfide) groups is 2. The minimum Gasteiger partial charge on any atom is -0.303 e. The molecule has 0 aromatic rings. The van der Waals surface area contributed by atoms with Gasteiger partial charge in [0.25, 0.3) is 0 Å². The van der Waals surface area contributed by atoms with E-state index < -0.39 is 0 Å². The Kier molecular flexibility index (Phi) is 3.31. The molecule has 0 bridgehead atoms. The highest BCUT2D eigenvalue weighted by molar-refractivity contribution is 8.17. The molecule has 1 aliphatic heterocycles. The van der Waals surface area contributed by atoms with E-state index >= 15 is 0 Å². The molecule has 0 atom stereocenters. The maximum absolute atomic E-state index is 10.7. The number of hydrogen-bond donors (Lipinski definition) is 0. The summed E-state index contributed by atoms with van der Waals surface area (Å²) >= 11 is 3.85. The molecule has 0 spiro atoms. The third-order valence-corrected chi connectivity index (χ3v) is 5.42. The Balaban J connectivity index is 2.50. The van der Waals surface area contributed by atoms with Gasteiger partial charge in [0.2, 0.25) is 0 Å². The van der Waals surface area contributed by atoms with Crippen LogP contribution in [0.25, 0.3) is 0 Å². The average molecular weight is 190 g/mol. The van der Waals surface area contributed by atoms with Crippen molar-refractivity contribution in [3.8, 4) is 0 Å². The smallest absolute Gasteiger partial charge is 0.127 e. The maximum atomic E-state index is 10.7. The van der Waals surface area contributed by atoms with E-state index in [-0.39, 0.29) is 5.41 Å². The first kappa shape index (κ1) is 9.46. The molecule has 11 heavy (non-hydrogen) atoms. The monoisotopic (exact) mass is 190 g/mol. The molecule has 0 N–H and O–H groups in total. The second-order valence-corrected chi connectivity index (χ2v) is 6.09. The van der Waals surface area contributed by atoms with Crippen molar-refractivity contribution in [1.29, 1.82) is 0 Å². The lowest BCUT2D eigenvalue weighted by atomic mass is 9.99. The SMILES string of the molecule is CC(C)(C=O)C1SCCCS1. The van der Waals surface area contributed by atoms with Gasteiger partial charge in [0.15, 0.2) is 0 Å². The standard InChI is InChI=1S/C8H14OS2/c1-8(2,6-9)7-10-4-3-5-11-7/h6-7H,3-5H2,1-2H3. The molecule has 64 valence electrons. The quantitative estimate of drug-likeness (QED) is 0.622. The van der Waals surface area contributed by atoms with E-state index in [0.717, 1.165) is 6.29 Å². The van der Waals surface area contributed by atoms with Crippen molar-refractivity contribution >= 4 is 29.8 Å². The Hall–Kier alpha value is 0.370. The van der Waals surface area contributed by atoms with Crippen molar-refractivity contribution < 1.29 is 4.79 Å². The van der Waals surface area contributed by atoms with Gasteiger partial charge in [-0.05, 0) is 17.9 Å². The molecule has 0 saturated carbocycles. The summed E-state index contributed by atoms with van der Waals surface area (Å²) in [6.07, 6.45) is 2.38. The molecule has 1 heterocycles. The van der Waals surface area contributed by atoms with Crippen LogP contribution in [0.1, 0.15) is 20.3 Å². The summed E-state index contributed by atoms with van der Waals surface area (Å²) in [6, 6.07) is 0. The van der Waals surface area contributed by atoms with Crippen LogP contribution < -0.4 is 0 Å². The van der Waals surface area contributed by atoms with E-state index in [1.165, 1.54) is 17.9 Å². The summed E-state index contributed by atoms with van der Waals surface area (Å²) in [5.74, 6) is 2.43. The summed E-state index contributed by atoms with van der Waals surface area (Å²) in [5.41, 5.74) is -0.143. The molecule has 0 aromatic carbocycles. The Morgan fingerprint density at radius 2 is 1.91 bits per heavy atom. The van der Waals surface area contributed by atoms with Crippen LogP contribution >= 0.6 is 23.5 Å². The predicted octanol–water partition coefficient (Wildman–Crippen LogP) is 2.41. The van der Waals surface area contributed by atoms with Gasteiger partial charge in [-0.25, -0.2) is 0 Å². The van der Waals surface area contributed by atoms with E-state index in [1.54, 1.807) is 0 Å². The lowest BCUT2D eigenvalue weighted by Gasteiger charge is -2.31. The third-order valence-electron chi connectivity index (χ3n) is 1.74. The van der Waals surface area contributed by atoms with Gasteiger partial charge in [-0.2, -0.15) is 0 Å². The third kappa shape index (κ3) is 2.41. The topological polar surface area (TPSA) is 17.1 Å². The Labute approximate surface area is 76.7 Å². The number of carbonyl (C=O) groups excluding carboxylic acids is 1.